The average molecular weight is 260 g/mol. The summed E-state index contributed by atoms with van der Waals surface area (Å²) in [7, 11) is -2.21. The second-order valence-corrected chi connectivity index (χ2v) is 5.33. The van der Waals surface area contributed by atoms with Crippen molar-refractivity contribution in [2.45, 2.75) is 25.5 Å². The van der Waals surface area contributed by atoms with Crippen molar-refractivity contribution in [1.82, 2.24) is 0 Å². The highest BCUT2D eigenvalue weighted by molar-refractivity contribution is 7.86. The molecule has 0 aromatic carbocycles. The van der Waals surface area contributed by atoms with Gasteiger partial charge in [-0.25, -0.2) is 0 Å². The number of ether oxygens (including phenoxy) is 1. The van der Waals surface area contributed by atoms with Crippen LogP contribution in [0.25, 0.3) is 0 Å². The third-order valence-corrected chi connectivity index (χ3v) is 3.60. The molecule has 0 saturated heterocycles. The minimum absolute atomic E-state index is 0.191. The molecule has 17 heavy (non-hydrogen) atoms. The van der Waals surface area contributed by atoms with Crippen molar-refractivity contribution in [1.29, 1.82) is 0 Å². The van der Waals surface area contributed by atoms with E-state index in [-0.39, 0.29) is 23.9 Å². The first-order valence-electron chi connectivity index (χ1n) is 5.03. The van der Waals surface area contributed by atoms with Gasteiger partial charge in [0.2, 0.25) is 0 Å². The summed E-state index contributed by atoms with van der Waals surface area (Å²) in [5, 5.41) is 0. The van der Waals surface area contributed by atoms with Gasteiger partial charge in [0.1, 0.15) is 11.5 Å². The molecule has 1 aliphatic rings. The zero-order valence-electron chi connectivity index (χ0n) is 9.48. The summed E-state index contributed by atoms with van der Waals surface area (Å²) in [5.41, 5.74) is 0.630. The maximum absolute atomic E-state index is 11.2. The van der Waals surface area contributed by atoms with Gasteiger partial charge in [-0.05, 0) is 6.92 Å². The van der Waals surface area contributed by atoms with Gasteiger partial charge < -0.3 is 13.3 Å². The summed E-state index contributed by atoms with van der Waals surface area (Å²) < 4.78 is 37.0. The lowest BCUT2D eigenvalue weighted by Gasteiger charge is -2.00. The van der Waals surface area contributed by atoms with Gasteiger partial charge in [0.05, 0.1) is 13.5 Å². The van der Waals surface area contributed by atoms with Crippen LogP contribution in [0.5, 0.6) is 5.75 Å². The third kappa shape index (κ3) is 2.28. The summed E-state index contributed by atoms with van der Waals surface area (Å²) in [4.78, 5) is 11.0. The van der Waals surface area contributed by atoms with E-state index in [2.05, 4.69) is 4.74 Å². The van der Waals surface area contributed by atoms with Crippen molar-refractivity contribution < 1.29 is 26.5 Å². The van der Waals surface area contributed by atoms with E-state index in [1.54, 1.807) is 6.92 Å². The van der Waals surface area contributed by atoms with Crippen molar-refractivity contribution in [3.8, 4) is 5.75 Å². The molecule has 0 saturated carbocycles. The molecule has 2 heterocycles. The van der Waals surface area contributed by atoms with E-state index in [9.17, 15) is 13.2 Å². The number of carbonyl (C=O) groups excluding carboxylic acids is 1. The number of methoxy groups -OCH3 is 1. The Labute approximate surface area is 98.6 Å². The van der Waals surface area contributed by atoms with Crippen LogP contribution in [-0.2, 0) is 31.8 Å². The largest absolute Gasteiger partial charge is 0.469 e. The van der Waals surface area contributed by atoms with E-state index in [0.29, 0.717) is 23.5 Å². The molecule has 1 aliphatic heterocycles. The molecule has 0 unspecified atom stereocenters. The first-order chi connectivity index (χ1) is 7.93. The molecule has 94 valence electrons. The molecule has 0 N–H and O–H groups in total. The standard InChI is InChI=1S/C10H12O6S/c1-6-7(3-4-9(11)14-2)15-8-5-17(12,13)16-10(6)8/h3-5H2,1-2H3. The van der Waals surface area contributed by atoms with Gasteiger partial charge in [-0.1, -0.05) is 0 Å². The Hall–Kier alpha value is -1.50. The summed E-state index contributed by atoms with van der Waals surface area (Å²) in [6.45, 7) is 1.70. The summed E-state index contributed by atoms with van der Waals surface area (Å²) >= 11 is 0. The van der Waals surface area contributed by atoms with Gasteiger partial charge in [-0.15, -0.1) is 0 Å². The van der Waals surface area contributed by atoms with Gasteiger partial charge in [-0.3, -0.25) is 4.79 Å². The number of aryl methyl sites for hydroxylation is 1. The zero-order chi connectivity index (χ0) is 12.6. The number of rotatable bonds is 3. The van der Waals surface area contributed by atoms with E-state index in [4.69, 9.17) is 8.60 Å². The van der Waals surface area contributed by atoms with E-state index >= 15 is 0 Å². The highest BCUT2D eigenvalue weighted by Gasteiger charge is 2.33. The molecular formula is C10H12O6S. The molecule has 0 atom stereocenters. The normalized spacial score (nSPS) is 16.4. The average Bonchev–Trinajstić information content (AvgIpc) is 2.70. The molecule has 6 nitrogen and oxygen atoms in total. The van der Waals surface area contributed by atoms with Gasteiger partial charge in [-0.2, -0.15) is 8.42 Å². The number of furan rings is 1. The van der Waals surface area contributed by atoms with Crippen LogP contribution < -0.4 is 4.18 Å². The molecule has 0 fully saturated rings. The SMILES string of the molecule is COC(=O)CCc1oc2c(c1C)OS(=O)(=O)C2. The van der Waals surface area contributed by atoms with Crippen LogP contribution in [0.4, 0.5) is 0 Å². The Morgan fingerprint density at radius 2 is 2.18 bits per heavy atom. The molecule has 0 radical (unpaired) electrons. The molecular weight excluding hydrogens is 248 g/mol. The number of esters is 1. The number of hydrogen-bond acceptors (Lipinski definition) is 6. The zero-order valence-corrected chi connectivity index (χ0v) is 10.3. The van der Waals surface area contributed by atoms with Crippen molar-refractivity contribution in [3.05, 3.63) is 17.1 Å². The van der Waals surface area contributed by atoms with Crippen LogP contribution in [0, 0.1) is 6.92 Å². The van der Waals surface area contributed by atoms with E-state index in [1.807, 2.05) is 0 Å². The lowest BCUT2D eigenvalue weighted by Crippen LogP contribution is -2.05. The number of fused-ring (bicyclic) bond motifs is 1. The minimum atomic E-state index is -3.52. The fourth-order valence-electron chi connectivity index (χ4n) is 1.68. The fraction of sp³-hybridized carbons (Fsp3) is 0.500. The highest BCUT2D eigenvalue weighted by atomic mass is 32.2. The van der Waals surface area contributed by atoms with Crippen LogP contribution in [-0.4, -0.2) is 21.5 Å². The monoisotopic (exact) mass is 260 g/mol. The molecule has 0 amide bonds. The maximum Gasteiger partial charge on any atom is 0.316 e. The van der Waals surface area contributed by atoms with Gasteiger partial charge in [0, 0.05) is 12.0 Å². The topological polar surface area (TPSA) is 82.8 Å². The molecule has 2 rings (SSSR count). The lowest BCUT2D eigenvalue weighted by molar-refractivity contribution is -0.140. The Balaban J connectivity index is 2.16. The Kier molecular flexibility index (Phi) is 2.86. The summed E-state index contributed by atoms with van der Waals surface area (Å²) in [6, 6.07) is 0. The van der Waals surface area contributed by atoms with Crippen LogP contribution in [0.1, 0.15) is 23.5 Å². The second kappa shape index (κ2) is 4.06. The van der Waals surface area contributed by atoms with Gasteiger partial charge in [0.25, 0.3) is 0 Å². The third-order valence-electron chi connectivity index (χ3n) is 2.56. The molecule has 7 heteroatoms. The molecule has 1 aromatic rings. The van der Waals surface area contributed by atoms with Crippen molar-refractivity contribution in [2.75, 3.05) is 7.11 Å². The minimum Gasteiger partial charge on any atom is -0.469 e. The lowest BCUT2D eigenvalue weighted by atomic mass is 10.1. The highest BCUT2D eigenvalue weighted by Crippen LogP contribution is 2.38. The van der Waals surface area contributed by atoms with E-state index in [1.165, 1.54) is 7.11 Å². The van der Waals surface area contributed by atoms with Crippen LogP contribution in [0.2, 0.25) is 0 Å². The van der Waals surface area contributed by atoms with Crippen LogP contribution in [0.15, 0.2) is 4.42 Å². The molecule has 0 bridgehead atoms. The predicted octanol–water partition coefficient (Wildman–Crippen LogP) is 0.916. The number of hydrogen-bond donors (Lipinski definition) is 0. The fourth-order valence-corrected chi connectivity index (χ4v) is 2.73. The Morgan fingerprint density at radius 3 is 2.76 bits per heavy atom. The van der Waals surface area contributed by atoms with Crippen LogP contribution >= 0.6 is 0 Å². The van der Waals surface area contributed by atoms with Gasteiger partial charge >= 0.3 is 16.1 Å². The Morgan fingerprint density at radius 1 is 1.47 bits per heavy atom. The van der Waals surface area contributed by atoms with Crippen LogP contribution in [0.3, 0.4) is 0 Å². The maximum atomic E-state index is 11.2. The quantitative estimate of drug-likeness (QED) is 0.593. The molecule has 0 spiro atoms. The van der Waals surface area contributed by atoms with E-state index in [0.717, 1.165) is 0 Å². The Bertz CT molecular complexity index is 554. The van der Waals surface area contributed by atoms with Gasteiger partial charge in [0.15, 0.2) is 11.5 Å². The van der Waals surface area contributed by atoms with E-state index < -0.39 is 10.1 Å². The predicted molar refractivity (Wildman–Crippen MR) is 57.0 cm³/mol. The molecule has 0 aliphatic carbocycles. The first kappa shape index (κ1) is 12.0. The smallest absolute Gasteiger partial charge is 0.316 e. The first-order valence-corrected chi connectivity index (χ1v) is 6.61. The van der Waals surface area contributed by atoms with Crippen molar-refractivity contribution >= 4 is 16.1 Å². The summed E-state index contributed by atoms with van der Waals surface area (Å²) in [5.74, 6) is 0.554. The second-order valence-electron chi connectivity index (χ2n) is 3.76. The van der Waals surface area contributed by atoms with Crippen molar-refractivity contribution in [3.63, 3.8) is 0 Å². The number of carbonyl (C=O) groups is 1. The summed E-state index contributed by atoms with van der Waals surface area (Å²) in [6.07, 6.45) is 0.561. The van der Waals surface area contributed by atoms with Crippen molar-refractivity contribution in [2.24, 2.45) is 0 Å². The molecule has 1 aromatic heterocycles.